The van der Waals surface area contributed by atoms with E-state index < -0.39 is 16.6 Å². The molecule has 5 aliphatic rings. The molecule has 1 spiro atoms. The van der Waals surface area contributed by atoms with Gasteiger partial charge in [-0.05, 0) is 76.7 Å². The van der Waals surface area contributed by atoms with Crippen molar-refractivity contribution in [3.8, 4) is 0 Å². The summed E-state index contributed by atoms with van der Waals surface area (Å²) in [6.45, 7) is 10.3. The summed E-state index contributed by atoms with van der Waals surface area (Å²) < 4.78 is 7.10. The molecule has 5 fully saturated rings. The van der Waals surface area contributed by atoms with Crippen molar-refractivity contribution >= 4 is 17.9 Å². The maximum absolute atomic E-state index is 14.0. The van der Waals surface area contributed by atoms with Crippen LogP contribution in [0.15, 0.2) is 17.1 Å². The highest BCUT2D eigenvalue weighted by Crippen LogP contribution is 2.52. The van der Waals surface area contributed by atoms with Gasteiger partial charge in [0.1, 0.15) is 5.60 Å². The van der Waals surface area contributed by atoms with Crippen LogP contribution in [0.3, 0.4) is 0 Å². The second kappa shape index (κ2) is 13.8. The first-order valence-electron chi connectivity index (χ1n) is 18.8. The molecule has 48 heavy (non-hydrogen) atoms. The predicted molar refractivity (Wildman–Crippen MR) is 184 cm³/mol. The fourth-order valence-corrected chi connectivity index (χ4v) is 9.11. The van der Waals surface area contributed by atoms with Crippen LogP contribution in [0.2, 0.25) is 0 Å². The molecule has 10 heteroatoms. The standard InChI is InChI=1S/C38H58N4O6/c1-27(22-28-10-6-5-7-11-28)33(44)41-17-16-38(47,37(25-41)14-8-9-15-37)26-42-24-31(30(23-32(42)43)29-12-13-29)34(45)39-18-20-40(21-19-39)35(46)48-36(2,3)4/h23-24,27-29,47H,5-22,25-26H2,1-4H3/t27-,38-/m1/s1. The molecule has 3 amide bonds. The Labute approximate surface area is 286 Å². The first-order chi connectivity index (χ1) is 22.8. The smallest absolute Gasteiger partial charge is 0.410 e. The lowest BCUT2D eigenvalue weighted by molar-refractivity contribution is -0.163. The first kappa shape index (κ1) is 35.0. The number of amides is 3. The fourth-order valence-electron chi connectivity index (χ4n) is 9.11. The van der Waals surface area contributed by atoms with Gasteiger partial charge in [0.25, 0.3) is 11.5 Å². The Balaban J connectivity index is 1.17. The van der Waals surface area contributed by atoms with E-state index in [1.165, 1.54) is 32.1 Å². The lowest BCUT2D eigenvalue weighted by Gasteiger charge is -2.53. The number of rotatable bonds is 7. The van der Waals surface area contributed by atoms with Crippen molar-refractivity contribution in [1.82, 2.24) is 19.3 Å². The van der Waals surface area contributed by atoms with E-state index in [1.807, 2.05) is 25.7 Å². The van der Waals surface area contributed by atoms with Crippen molar-refractivity contribution in [2.75, 3.05) is 39.3 Å². The molecule has 2 saturated heterocycles. The van der Waals surface area contributed by atoms with Crippen LogP contribution in [0, 0.1) is 17.3 Å². The number of nitrogens with zero attached hydrogens (tertiary/aromatic N) is 4. The number of carbonyl (C=O) groups excluding carboxylic acids is 3. The lowest BCUT2D eigenvalue weighted by atomic mass is 9.65. The van der Waals surface area contributed by atoms with Crippen molar-refractivity contribution < 1.29 is 24.2 Å². The molecule has 6 rings (SSSR count). The van der Waals surface area contributed by atoms with E-state index in [1.54, 1.807) is 26.6 Å². The van der Waals surface area contributed by atoms with Crippen molar-refractivity contribution in [1.29, 1.82) is 0 Å². The van der Waals surface area contributed by atoms with Gasteiger partial charge in [-0.3, -0.25) is 14.4 Å². The quantitative estimate of drug-likeness (QED) is 0.409. The van der Waals surface area contributed by atoms with E-state index in [0.29, 0.717) is 57.2 Å². The zero-order valence-corrected chi connectivity index (χ0v) is 29.8. The molecule has 1 aromatic rings. The van der Waals surface area contributed by atoms with E-state index >= 15 is 0 Å². The van der Waals surface area contributed by atoms with Crippen molar-refractivity contribution in [3.63, 3.8) is 0 Å². The third-order valence-electron chi connectivity index (χ3n) is 12.0. The molecule has 3 saturated carbocycles. The Morgan fingerprint density at radius 3 is 2.17 bits per heavy atom. The molecule has 0 radical (unpaired) electrons. The summed E-state index contributed by atoms with van der Waals surface area (Å²) in [6.07, 6.45) is 14.5. The van der Waals surface area contributed by atoms with Gasteiger partial charge in [0.2, 0.25) is 5.91 Å². The summed E-state index contributed by atoms with van der Waals surface area (Å²) in [6, 6.07) is 1.62. The number of carbonyl (C=O) groups is 3. The zero-order chi connectivity index (χ0) is 34.3. The molecule has 10 nitrogen and oxygen atoms in total. The van der Waals surface area contributed by atoms with Crippen molar-refractivity contribution in [2.24, 2.45) is 17.3 Å². The second-order valence-corrected chi connectivity index (χ2v) is 16.8. The van der Waals surface area contributed by atoms with Gasteiger partial charge in [0, 0.05) is 62.9 Å². The highest BCUT2D eigenvalue weighted by atomic mass is 16.6. The van der Waals surface area contributed by atoms with E-state index in [9.17, 15) is 24.3 Å². The predicted octanol–water partition coefficient (Wildman–Crippen LogP) is 5.55. The van der Waals surface area contributed by atoms with Crippen LogP contribution in [0.4, 0.5) is 4.79 Å². The molecular weight excluding hydrogens is 608 g/mol. The number of hydrogen-bond donors (Lipinski definition) is 1. The molecule has 3 aliphatic carbocycles. The summed E-state index contributed by atoms with van der Waals surface area (Å²) in [7, 11) is 0. The Morgan fingerprint density at radius 2 is 1.54 bits per heavy atom. The van der Waals surface area contributed by atoms with Gasteiger partial charge in [0.05, 0.1) is 17.7 Å². The third kappa shape index (κ3) is 7.48. The molecule has 0 bridgehead atoms. The Hall–Kier alpha value is -2.88. The molecule has 3 heterocycles. The largest absolute Gasteiger partial charge is 0.444 e. The lowest BCUT2D eigenvalue weighted by Crippen LogP contribution is -2.62. The van der Waals surface area contributed by atoms with E-state index in [4.69, 9.17) is 4.74 Å². The van der Waals surface area contributed by atoms with Gasteiger partial charge in [-0.15, -0.1) is 0 Å². The van der Waals surface area contributed by atoms with Crippen LogP contribution < -0.4 is 5.56 Å². The second-order valence-electron chi connectivity index (χ2n) is 16.8. The van der Waals surface area contributed by atoms with Crippen LogP contribution in [0.5, 0.6) is 0 Å². The number of aromatic nitrogens is 1. The Kier molecular flexibility index (Phi) is 10.0. The average Bonchev–Trinajstić information content (AvgIpc) is 3.79. The molecule has 1 aromatic heterocycles. The number of piperidine rings is 1. The van der Waals surface area contributed by atoms with E-state index in [0.717, 1.165) is 50.5 Å². The number of likely N-dealkylation sites (tertiary alicyclic amines) is 1. The van der Waals surface area contributed by atoms with Gasteiger partial charge in [-0.25, -0.2) is 4.79 Å². The van der Waals surface area contributed by atoms with Gasteiger partial charge in [0.15, 0.2) is 0 Å². The van der Waals surface area contributed by atoms with E-state index in [2.05, 4.69) is 6.92 Å². The SMILES string of the molecule is C[C@H](CC1CCCCC1)C(=O)N1CC[C@@](O)(Cn2cc(C(=O)N3CCN(C(=O)OC(C)(C)C)CC3)c(C3CC3)cc2=O)C2(CCCC2)C1. The minimum atomic E-state index is -1.16. The van der Waals surface area contributed by atoms with Gasteiger partial charge in [-0.1, -0.05) is 51.9 Å². The Bertz CT molecular complexity index is 1410. The topological polar surface area (TPSA) is 112 Å². The van der Waals surface area contributed by atoms with Crippen LogP contribution in [0.25, 0.3) is 0 Å². The maximum Gasteiger partial charge on any atom is 0.410 e. The molecule has 0 aromatic carbocycles. The normalized spacial score (nSPS) is 25.7. The number of ether oxygens (including phenoxy) is 1. The molecule has 0 unspecified atom stereocenters. The summed E-state index contributed by atoms with van der Waals surface area (Å²) in [4.78, 5) is 59.4. The fraction of sp³-hybridized carbons (Fsp3) is 0.789. The van der Waals surface area contributed by atoms with Crippen LogP contribution in [-0.4, -0.2) is 92.8 Å². The monoisotopic (exact) mass is 666 g/mol. The van der Waals surface area contributed by atoms with Crippen molar-refractivity contribution in [2.45, 2.75) is 135 Å². The van der Waals surface area contributed by atoms with E-state index in [-0.39, 0.29) is 41.8 Å². The van der Waals surface area contributed by atoms with Crippen LogP contribution in [0.1, 0.15) is 133 Å². The summed E-state index contributed by atoms with van der Waals surface area (Å²) in [5, 5.41) is 12.5. The van der Waals surface area contributed by atoms with Crippen LogP contribution in [-0.2, 0) is 16.1 Å². The Morgan fingerprint density at radius 1 is 0.896 bits per heavy atom. The highest BCUT2D eigenvalue weighted by molar-refractivity contribution is 5.96. The highest BCUT2D eigenvalue weighted by Gasteiger charge is 2.56. The molecular formula is C38H58N4O6. The number of piperazine rings is 1. The maximum atomic E-state index is 14.0. The summed E-state index contributed by atoms with van der Waals surface area (Å²) in [5.74, 6) is 0.887. The minimum Gasteiger partial charge on any atom is -0.444 e. The average molecular weight is 667 g/mol. The third-order valence-corrected chi connectivity index (χ3v) is 12.0. The van der Waals surface area contributed by atoms with Gasteiger partial charge in [-0.2, -0.15) is 0 Å². The number of aliphatic hydroxyl groups is 1. The molecule has 1 N–H and O–H groups in total. The molecule has 2 atom stereocenters. The van der Waals surface area contributed by atoms with Gasteiger partial charge < -0.3 is 29.1 Å². The van der Waals surface area contributed by atoms with Crippen LogP contribution >= 0.6 is 0 Å². The molecule has 2 aliphatic heterocycles. The van der Waals surface area contributed by atoms with Crippen molar-refractivity contribution in [3.05, 3.63) is 33.7 Å². The number of hydrogen-bond acceptors (Lipinski definition) is 6. The van der Waals surface area contributed by atoms with Gasteiger partial charge >= 0.3 is 6.09 Å². The number of pyridine rings is 1. The summed E-state index contributed by atoms with van der Waals surface area (Å²) >= 11 is 0. The first-order valence-corrected chi connectivity index (χ1v) is 18.8. The summed E-state index contributed by atoms with van der Waals surface area (Å²) in [5.41, 5.74) is -1.08. The zero-order valence-electron chi connectivity index (χ0n) is 29.8. The minimum absolute atomic E-state index is 0.0186. The molecule has 266 valence electrons.